The zero-order valence-corrected chi connectivity index (χ0v) is 9.43. The Morgan fingerprint density at radius 2 is 2.00 bits per heavy atom. The molecule has 0 spiro atoms. The fraction of sp³-hybridized carbons (Fsp3) is 0.917. The van der Waals surface area contributed by atoms with Crippen molar-refractivity contribution in [3.63, 3.8) is 0 Å². The minimum Gasteiger partial charge on any atom is -0.356 e. The zero-order chi connectivity index (χ0) is 10.5. The van der Waals surface area contributed by atoms with Gasteiger partial charge in [0.2, 0.25) is 5.91 Å². The lowest BCUT2D eigenvalue weighted by Gasteiger charge is -2.26. The first-order valence-corrected chi connectivity index (χ1v) is 6.34. The normalized spacial score (nSPS) is 22.7. The molecule has 86 valence electrons. The van der Waals surface area contributed by atoms with Crippen LogP contribution in [0.5, 0.6) is 0 Å². The van der Waals surface area contributed by atoms with Gasteiger partial charge >= 0.3 is 0 Å². The van der Waals surface area contributed by atoms with Crippen LogP contribution in [0.25, 0.3) is 0 Å². The molecule has 2 aliphatic rings. The monoisotopic (exact) mass is 210 g/mol. The Kier molecular flexibility index (Phi) is 4.01. The molecule has 0 radical (unpaired) electrons. The van der Waals surface area contributed by atoms with Gasteiger partial charge < -0.3 is 10.6 Å². The van der Waals surface area contributed by atoms with E-state index >= 15 is 0 Å². The van der Waals surface area contributed by atoms with Gasteiger partial charge in [-0.25, -0.2) is 0 Å². The first-order valence-electron chi connectivity index (χ1n) is 6.34. The third-order valence-corrected chi connectivity index (χ3v) is 3.68. The van der Waals surface area contributed by atoms with E-state index in [-0.39, 0.29) is 0 Å². The molecule has 0 atom stereocenters. The van der Waals surface area contributed by atoms with Crippen molar-refractivity contribution < 1.29 is 4.79 Å². The van der Waals surface area contributed by atoms with Crippen molar-refractivity contribution in [2.24, 2.45) is 11.8 Å². The van der Waals surface area contributed by atoms with Crippen molar-refractivity contribution in [3.05, 3.63) is 0 Å². The van der Waals surface area contributed by atoms with Crippen LogP contribution in [0.1, 0.15) is 38.5 Å². The number of rotatable bonds is 5. The van der Waals surface area contributed by atoms with Crippen LogP contribution in [0.2, 0.25) is 0 Å². The summed E-state index contributed by atoms with van der Waals surface area (Å²) < 4.78 is 0. The Morgan fingerprint density at radius 1 is 1.27 bits per heavy atom. The summed E-state index contributed by atoms with van der Waals surface area (Å²) >= 11 is 0. The van der Waals surface area contributed by atoms with Crippen molar-refractivity contribution in [3.8, 4) is 0 Å². The molecule has 3 heteroatoms. The maximum Gasteiger partial charge on any atom is 0.223 e. The molecule has 2 N–H and O–H groups in total. The van der Waals surface area contributed by atoms with Crippen LogP contribution in [0.3, 0.4) is 0 Å². The summed E-state index contributed by atoms with van der Waals surface area (Å²) in [6.07, 6.45) is 7.11. The van der Waals surface area contributed by atoms with Gasteiger partial charge in [-0.05, 0) is 44.7 Å². The summed E-state index contributed by atoms with van der Waals surface area (Å²) in [6, 6.07) is 0. The highest BCUT2D eigenvalue weighted by atomic mass is 16.1. The molecule has 0 aromatic rings. The predicted octanol–water partition coefficient (Wildman–Crippen LogP) is 1.29. The van der Waals surface area contributed by atoms with Crippen molar-refractivity contribution in [2.45, 2.75) is 38.5 Å². The van der Waals surface area contributed by atoms with E-state index in [0.717, 1.165) is 31.7 Å². The van der Waals surface area contributed by atoms with Gasteiger partial charge in [-0.15, -0.1) is 0 Å². The Morgan fingerprint density at radius 3 is 2.60 bits per heavy atom. The summed E-state index contributed by atoms with van der Waals surface area (Å²) in [5.74, 6) is 1.50. The Hall–Kier alpha value is -0.570. The van der Waals surface area contributed by atoms with Crippen molar-refractivity contribution in [2.75, 3.05) is 19.6 Å². The number of carbonyl (C=O) groups excluding carboxylic acids is 1. The van der Waals surface area contributed by atoms with E-state index in [4.69, 9.17) is 0 Å². The molecule has 1 aliphatic heterocycles. The molecular weight excluding hydrogens is 188 g/mol. The summed E-state index contributed by atoms with van der Waals surface area (Å²) in [5.41, 5.74) is 0. The Balaban J connectivity index is 1.50. The molecular formula is C12H22N2O. The second-order valence-electron chi connectivity index (χ2n) is 4.94. The number of carbonyl (C=O) groups is 1. The summed E-state index contributed by atoms with van der Waals surface area (Å²) in [5, 5.41) is 6.34. The smallest absolute Gasteiger partial charge is 0.223 e. The molecule has 1 saturated heterocycles. The van der Waals surface area contributed by atoms with E-state index in [0.29, 0.717) is 11.8 Å². The van der Waals surface area contributed by atoms with Gasteiger partial charge in [0.05, 0.1) is 0 Å². The quantitative estimate of drug-likeness (QED) is 0.671. The van der Waals surface area contributed by atoms with Crippen LogP contribution in [0.4, 0.5) is 0 Å². The highest BCUT2D eigenvalue weighted by Gasteiger charge is 2.22. The van der Waals surface area contributed by atoms with Crippen LogP contribution in [-0.4, -0.2) is 25.5 Å². The maximum absolute atomic E-state index is 11.7. The molecule has 1 amide bonds. The number of amides is 1. The summed E-state index contributed by atoms with van der Waals surface area (Å²) in [6.45, 7) is 3.24. The van der Waals surface area contributed by atoms with Crippen LogP contribution in [0, 0.1) is 11.8 Å². The third kappa shape index (κ3) is 3.20. The summed E-state index contributed by atoms with van der Waals surface area (Å²) in [7, 11) is 0. The lowest BCUT2D eigenvalue weighted by Crippen LogP contribution is -2.42. The van der Waals surface area contributed by atoms with Crippen LogP contribution >= 0.6 is 0 Å². The van der Waals surface area contributed by atoms with Crippen molar-refractivity contribution in [1.29, 1.82) is 0 Å². The molecule has 0 aromatic heterocycles. The second-order valence-corrected chi connectivity index (χ2v) is 4.94. The van der Waals surface area contributed by atoms with Gasteiger partial charge in [0, 0.05) is 12.5 Å². The number of hydrogen-bond donors (Lipinski definition) is 2. The largest absolute Gasteiger partial charge is 0.356 e. The van der Waals surface area contributed by atoms with E-state index in [1.54, 1.807) is 0 Å². The van der Waals surface area contributed by atoms with Crippen molar-refractivity contribution >= 4 is 5.91 Å². The molecule has 2 rings (SSSR count). The van der Waals surface area contributed by atoms with E-state index < -0.39 is 0 Å². The van der Waals surface area contributed by atoms with E-state index in [2.05, 4.69) is 10.6 Å². The van der Waals surface area contributed by atoms with E-state index in [1.807, 2.05) is 0 Å². The van der Waals surface area contributed by atoms with Crippen molar-refractivity contribution in [1.82, 2.24) is 10.6 Å². The molecule has 0 aromatic carbocycles. The fourth-order valence-electron chi connectivity index (χ4n) is 2.49. The predicted molar refractivity (Wildman–Crippen MR) is 60.6 cm³/mol. The average molecular weight is 210 g/mol. The maximum atomic E-state index is 11.7. The Labute approximate surface area is 92.0 Å². The molecule has 1 saturated carbocycles. The molecule has 1 heterocycles. The fourth-order valence-corrected chi connectivity index (χ4v) is 2.49. The van der Waals surface area contributed by atoms with Gasteiger partial charge in [-0.3, -0.25) is 4.79 Å². The van der Waals surface area contributed by atoms with Crippen LogP contribution in [0.15, 0.2) is 0 Å². The lowest BCUT2D eigenvalue weighted by molar-refractivity contribution is -0.124. The molecule has 1 aliphatic carbocycles. The van der Waals surface area contributed by atoms with E-state index in [9.17, 15) is 4.79 Å². The van der Waals surface area contributed by atoms with Gasteiger partial charge in [0.25, 0.3) is 0 Å². The molecule has 2 fully saturated rings. The zero-order valence-electron chi connectivity index (χ0n) is 9.43. The molecule has 3 nitrogen and oxygen atoms in total. The minimum atomic E-state index is 0.305. The van der Waals surface area contributed by atoms with Gasteiger partial charge in [-0.2, -0.15) is 0 Å². The van der Waals surface area contributed by atoms with E-state index in [1.165, 1.54) is 32.4 Å². The highest BCUT2D eigenvalue weighted by molar-refractivity contribution is 5.78. The second kappa shape index (κ2) is 5.50. The third-order valence-electron chi connectivity index (χ3n) is 3.68. The van der Waals surface area contributed by atoms with Gasteiger partial charge in [0.15, 0.2) is 0 Å². The SMILES string of the molecule is O=C(NCCCC1CNC1)C1CCCC1. The lowest BCUT2D eigenvalue weighted by atomic mass is 9.97. The minimum absolute atomic E-state index is 0.305. The van der Waals surface area contributed by atoms with Gasteiger partial charge in [-0.1, -0.05) is 12.8 Å². The van der Waals surface area contributed by atoms with Crippen LogP contribution < -0.4 is 10.6 Å². The highest BCUT2D eigenvalue weighted by Crippen LogP contribution is 2.24. The molecule has 15 heavy (non-hydrogen) atoms. The molecule has 0 bridgehead atoms. The standard InChI is InChI=1S/C12H22N2O/c15-12(11-5-1-2-6-11)14-7-3-4-10-8-13-9-10/h10-11,13H,1-9H2,(H,14,15). The summed E-state index contributed by atoms with van der Waals surface area (Å²) in [4.78, 5) is 11.7. The van der Waals surface area contributed by atoms with Crippen LogP contribution in [-0.2, 0) is 4.79 Å². The molecule has 0 unspecified atom stereocenters. The first kappa shape index (κ1) is 10.9. The number of hydrogen-bond acceptors (Lipinski definition) is 2. The average Bonchev–Trinajstić information content (AvgIpc) is 2.67. The Bertz CT molecular complexity index is 208. The first-order chi connectivity index (χ1) is 7.36. The van der Waals surface area contributed by atoms with Gasteiger partial charge in [0.1, 0.15) is 0 Å². The topological polar surface area (TPSA) is 41.1 Å². The number of nitrogens with one attached hydrogen (secondary N) is 2.